The van der Waals surface area contributed by atoms with E-state index in [2.05, 4.69) is 5.32 Å². The van der Waals surface area contributed by atoms with E-state index in [0.29, 0.717) is 37.6 Å². The molecule has 0 saturated heterocycles. The Balaban J connectivity index is 2.07. The molecule has 6 heteroatoms. The maximum Gasteiger partial charge on any atom is 0.336 e. The molecule has 0 amide bonds. The predicted octanol–water partition coefficient (Wildman–Crippen LogP) is 0.900. The number of aliphatic hydroxyl groups is 1. The van der Waals surface area contributed by atoms with E-state index in [1.54, 1.807) is 13.2 Å². The van der Waals surface area contributed by atoms with Crippen molar-refractivity contribution in [3.05, 3.63) is 40.2 Å². The molecule has 0 atom stereocenters. The molecular weight excluding hydrogens is 274 g/mol. The van der Waals surface area contributed by atoms with Gasteiger partial charge in [-0.05, 0) is 17.7 Å². The van der Waals surface area contributed by atoms with Gasteiger partial charge in [0, 0.05) is 30.6 Å². The van der Waals surface area contributed by atoms with Gasteiger partial charge in [-0.3, -0.25) is 0 Å². The molecule has 2 N–H and O–H groups in total. The zero-order valence-corrected chi connectivity index (χ0v) is 11.9. The van der Waals surface area contributed by atoms with Gasteiger partial charge in [-0.1, -0.05) is 0 Å². The summed E-state index contributed by atoms with van der Waals surface area (Å²) >= 11 is 0. The Morgan fingerprint density at radius 1 is 1.29 bits per heavy atom. The Kier molecular flexibility index (Phi) is 5.74. The molecule has 114 valence electrons. The van der Waals surface area contributed by atoms with Gasteiger partial charge in [-0.15, -0.1) is 0 Å². The number of hydrogen-bond acceptors (Lipinski definition) is 6. The Hall–Kier alpha value is -1.89. The van der Waals surface area contributed by atoms with Crippen LogP contribution in [0.1, 0.15) is 5.56 Å². The molecule has 1 heterocycles. The van der Waals surface area contributed by atoms with E-state index in [4.69, 9.17) is 19.0 Å². The summed E-state index contributed by atoms with van der Waals surface area (Å²) in [6.45, 7) is 2.04. The van der Waals surface area contributed by atoms with Crippen molar-refractivity contribution in [3.8, 4) is 5.75 Å². The number of aliphatic hydroxyl groups excluding tert-OH is 1. The van der Waals surface area contributed by atoms with Crippen molar-refractivity contribution in [2.45, 2.75) is 6.54 Å². The minimum Gasteiger partial charge on any atom is -0.497 e. The van der Waals surface area contributed by atoms with E-state index in [-0.39, 0.29) is 12.2 Å². The second-order valence-corrected chi connectivity index (χ2v) is 4.47. The van der Waals surface area contributed by atoms with Gasteiger partial charge in [0.2, 0.25) is 0 Å². The summed E-state index contributed by atoms with van der Waals surface area (Å²) in [5.41, 5.74) is 0.991. The summed E-state index contributed by atoms with van der Waals surface area (Å²) in [4.78, 5) is 11.6. The SMILES string of the molecule is COc1ccc2c(CNCCOCCO)cc(=O)oc2c1. The highest BCUT2D eigenvalue weighted by atomic mass is 16.5. The van der Waals surface area contributed by atoms with Crippen molar-refractivity contribution in [2.24, 2.45) is 0 Å². The molecule has 0 saturated carbocycles. The zero-order valence-electron chi connectivity index (χ0n) is 11.9. The molecule has 2 rings (SSSR count). The van der Waals surface area contributed by atoms with Crippen molar-refractivity contribution in [1.29, 1.82) is 0 Å². The monoisotopic (exact) mass is 293 g/mol. The van der Waals surface area contributed by atoms with Crippen molar-refractivity contribution in [3.63, 3.8) is 0 Å². The average molecular weight is 293 g/mol. The highest BCUT2D eigenvalue weighted by molar-refractivity contribution is 5.81. The summed E-state index contributed by atoms with van der Waals surface area (Å²) in [7, 11) is 1.57. The first-order chi connectivity index (χ1) is 10.2. The fraction of sp³-hybridized carbons (Fsp3) is 0.400. The fourth-order valence-corrected chi connectivity index (χ4v) is 2.02. The van der Waals surface area contributed by atoms with Crippen molar-refractivity contribution in [1.82, 2.24) is 5.32 Å². The van der Waals surface area contributed by atoms with Crippen LogP contribution in [0.4, 0.5) is 0 Å². The molecule has 0 spiro atoms. The normalized spacial score (nSPS) is 11.0. The van der Waals surface area contributed by atoms with Crippen LogP contribution in [0.5, 0.6) is 5.75 Å². The minimum absolute atomic E-state index is 0.0200. The highest BCUT2D eigenvalue weighted by Gasteiger charge is 2.06. The molecular formula is C15H19NO5. The average Bonchev–Trinajstić information content (AvgIpc) is 2.49. The smallest absolute Gasteiger partial charge is 0.336 e. The number of rotatable bonds is 8. The van der Waals surface area contributed by atoms with E-state index >= 15 is 0 Å². The molecule has 6 nitrogen and oxygen atoms in total. The van der Waals surface area contributed by atoms with Crippen LogP contribution in [0.15, 0.2) is 33.5 Å². The fourth-order valence-electron chi connectivity index (χ4n) is 2.02. The molecule has 0 unspecified atom stereocenters. The van der Waals surface area contributed by atoms with Crippen LogP contribution >= 0.6 is 0 Å². The van der Waals surface area contributed by atoms with E-state index in [1.807, 2.05) is 12.1 Å². The third-order valence-electron chi connectivity index (χ3n) is 3.01. The lowest BCUT2D eigenvalue weighted by atomic mass is 10.1. The van der Waals surface area contributed by atoms with Crippen LogP contribution in [-0.4, -0.2) is 38.6 Å². The summed E-state index contributed by atoms with van der Waals surface area (Å²) in [5, 5.41) is 12.7. The van der Waals surface area contributed by atoms with Crippen LogP contribution in [0.3, 0.4) is 0 Å². The molecule has 0 fully saturated rings. The molecule has 0 radical (unpaired) electrons. The van der Waals surface area contributed by atoms with Gasteiger partial charge in [0.05, 0.1) is 26.9 Å². The van der Waals surface area contributed by atoms with Gasteiger partial charge >= 0.3 is 5.63 Å². The van der Waals surface area contributed by atoms with Gasteiger partial charge in [0.1, 0.15) is 11.3 Å². The van der Waals surface area contributed by atoms with E-state index in [9.17, 15) is 4.79 Å². The number of methoxy groups -OCH3 is 1. The van der Waals surface area contributed by atoms with Crippen LogP contribution in [0, 0.1) is 0 Å². The Labute approximate surface area is 122 Å². The first-order valence-corrected chi connectivity index (χ1v) is 6.74. The second-order valence-electron chi connectivity index (χ2n) is 4.47. The van der Waals surface area contributed by atoms with E-state index < -0.39 is 0 Å². The second kappa shape index (κ2) is 7.78. The summed E-state index contributed by atoms with van der Waals surface area (Å²) in [6.07, 6.45) is 0. The summed E-state index contributed by atoms with van der Waals surface area (Å²) < 4.78 is 15.5. The Morgan fingerprint density at radius 3 is 2.90 bits per heavy atom. The van der Waals surface area contributed by atoms with Crippen molar-refractivity contribution < 1.29 is 19.0 Å². The third kappa shape index (κ3) is 4.29. The van der Waals surface area contributed by atoms with Crippen LogP contribution in [0.2, 0.25) is 0 Å². The van der Waals surface area contributed by atoms with Gasteiger partial charge in [0.15, 0.2) is 0 Å². The molecule has 1 aromatic carbocycles. The molecule has 1 aromatic heterocycles. The van der Waals surface area contributed by atoms with Crippen LogP contribution < -0.4 is 15.7 Å². The van der Waals surface area contributed by atoms with Crippen LogP contribution in [-0.2, 0) is 11.3 Å². The largest absolute Gasteiger partial charge is 0.497 e. The van der Waals surface area contributed by atoms with E-state index in [1.165, 1.54) is 6.07 Å². The lowest BCUT2D eigenvalue weighted by Crippen LogP contribution is -2.20. The Bertz CT molecular complexity index is 637. The first kappa shape index (κ1) is 15.5. The van der Waals surface area contributed by atoms with Gasteiger partial charge in [-0.2, -0.15) is 0 Å². The van der Waals surface area contributed by atoms with Crippen molar-refractivity contribution in [2.75, 3.05) is 33.5 Å². The molecule has 0 aliphatic rings. The first-order valence-electron chi connectivity index (χ1n) is 6.74. The van der Waals surface area contributed by atoms with Crippen molar-refractivity contribution >= 4 is 11.0 Å². The van der Waals surface area contributed by atoms with Gasteiger partial charge in [0.25, 0.3) is 0 Å². The predicted molar refractivity (Wildman–Crippen MR) is 78.6 cm³/mol. The number of fused-ring (bicyclic) bond motifs is 1. The topological polar surface area (TPSA) is 80.9 Å². The molecule has 0 bridgehead atoms. The number of nitrogens with one attached hydrogen (secondary N) is 1. The van der Waals surface area contributed by atoms with Gasteiger partial charge in [-0.25, -0.2) is 4.79 Å². The number of benzene rings is 1. The standard InChI is InChI=1S/C15H19NO5/c1-19-12-2-3-13-11(8-15(18)21-14(13)9-12)10-16-4-6-20-7-5-17/h2-3,8-9,16-17H,4-7,10H2,1H3. The molecule has 0 aliphatic heterocycles. The molecule has 0 aliphatic carbocycles. The number of hydrogen-bond donors (Lipinski definition) is 2. The molecule has 2 aromatic rings. The maximum absolute atomic E-state index is 11.6. The van der Waals surface area contributed by atoms with Gasteiger partial charge < -0.3 is 24.3 Å². The lowest BCUT2D eigenvalue weighted by molar-refractivity contribution is 0.0938. The molecule has 21 heavy (non-hydrogen) atoms. The summed E-state index contributed by atoms with van der Waals surface area (Å²) in [6, 6.07) is 6.88. The zero-order chi connectivity index (χ0) is 15.1. The van der Waals surface area contributed by atoms with E-state index in [0.717, 1.165) is 10.9 Å². The Morgan fingerprint density at radius 2 is 2.14 bits per heavy atom. The minimum atomic E-state index is -0.385. The highest BCUT2D eigenvalue weighted by Crippen LogP contribution is 2.22. The quantitative estimate of drug-likeness (QED) is 0.556. The van der Waals surface area contributed by atoms with Crippen LogP contribution in [0.25, 0.3) is 11.0 Å². The lowest BCUT2D eigenvalue weighted by Gasteiger charge is -2.08. The number of ether oxygens (including phenoxy) is 2. The summed E-state index contributed by atoms with van der Waals surface area (Å²) in [5.74, 6) is 0.646. The third-order valence-corrected chi connectivity index (χ3v) is 3.01. The maximum atomic E-state index is 11.6.